The minimum Gasteiger partial charge on any atom is -0.480 e. The SMILES string of the molecule is CN(CC1CCCO1)C(=O)N1C[C@H](O)C[C@H]1C(=O)O. The Bertz CT molecular complexity index is 356. The van der Waals surface area contributed by atoms with Gasteiger partial charge < -0.3 is 24.7 Å². The number of hydrogen-bond acceptors (Lipinski definition) is 4. The predicted octanol–water partition coefficient (Wildman–Crippen LogP) is -0.263. The smallest absolute Gasteiger partial charge is 0.326 e. The average molecular weight is 272 g/mol. The van der Waals surface area contributed by atoms with Crippen LogP contribution in [0.25, 0.3) is 0 Å². The fraction of sp³-hybridized carbons (Fsp3) is 0.833. The molecule has 0 aromatic carbocycles. The van der Waals surface area contributed by atoms with Crippen LogP contribution in [0.4, 0.5) is 4.79 Å². The van der Waals surface area contributed by atoms with Gasteiger partial charge in [0.15, 0.2) is 0 Å². The van der Waals surface area contributed by atoms with Gasteiger partial charge in [-0.25, -0.2) is 9.59 Å². The first-order chi connectivity index (χ1) is 8.99. The van der Waals surface area contributed by atoms with Crippen molar-refractivity contribution < 1.29 is 24.5 Å². The number of rotatable bonds is 3. The average Bonchev–Trinajstić information content (AvgIpc) is 2.97. The number of aliphatic carboxylic acids is 1. The Labute approximate surface area is 111 Å². The number of carboxylic acid groups (broad SMARTS) is 1. The van der Waals surface area contributed by atoms with Gasteiger partial charge in [0.05, 0.1) is 12.2 Å². The minimum absolute atomic E-state index is 0.0322. The second-order valence-corrected chi connectivity index (χ2v) is 5.19. The maximum Gasteiger partial charge on any atom is 0.326 e. The summed E-state index contributed by atoms with van der Waals surface area (Å²) >= 11 is 0. The van der Waals surface area contributed by atoms with Gasteiger partial charge in [0, 0.05) is 33.2 Å². The normalized spacial score (nSPS) is 30.6. The molecule has 2 fully saturated rings. The van der Waals surface area contributed by atoms with Crippen LogP contribution in [0.3, 0.4) is 0 Å². The lowest BCUT2D eigenvalue weighted by molar-refractivity contribution is -0.141. The number of carbonyl (C=O) groups is 2. The molecule has 0 bridgehead atoms. The Morgan fingerprint density at radius 2 is 2.21 bits per heavy atom. The highest BCUT2D eigenvalue weighted by Crippen LogP contribution is 2.20. The topological polar surface area (TPSA) is 90.3 Å². The summed E-state index contributed by atoms with van der Waals surface area (Å²) in [6.45, 7) is 1.25. The van der Waals surface area contributed by atoms with Crippen molar-refractivity contribution in [1.29, 1.82) is 0 Å². The van der Waals surface area contributed by atoms with Crippen LogP contribution in [-0.4, -0.2) is 77.0 Å². The zero-order valence-electron chi connectivity index (χ0n) is 11.0. The molecule has 0 aliphatic carbocycles. The zero-order valence-corrected chi connectivity index (χ0v) is 11.0. The molecule has 2 amide bonds. The van der Waals surface area contributed by atoms with Crippen LogP contribution in [0.2, 0.25) is 0 Å². The van der Waals surface area contributed by atoms with Crippen molar-refractivity contribution in [2.45, 2.75) is 37.5 Å². The van der Waals surface area contributed by atoms with E-state index in [0.717, 1.165) is 12.8 Å². The lowest BCUT2D eigenvalue weighted by Gasteiger charge is -2.28. The van der Waals surface area contributed by atoms with Gasteiger partial charge in [-0.1, -0.05) is 0 Å². The van der Waals surface area contributed by atoms with Gasteiger partial charge in [0.1, 0.15) is 6.04 Å². The third-order valence-electron chi connectivity index (χ3n) is 3.64. The Morgan fingerprint density at radius 3 is 2.79 bits per heavy atom. The van der Waals surface area contributed by atoms with Crippen LogP contribution in [0.15, 0.2) is 0 Å². The van der Waals surface area contributed by atoms with Gasteiger partial charge in [-0.3, -0.25) is 0 Å². The number of aliphatic hydroxyl groups is 1. The number of carbonyl (C=O) groups excluding carboxylic acids is 1. The summed E-state index contributed by atoms with van der Waals surface area (Å²) in [4.78, 5) is 26.0. The summed E-state index contributed by atoms with van der Waals surface area (Å²) in [6, 6.07) is -1.30. The summed E-state index contributed by atoms with van der Waals surface area (Å²) < 4.78 is 5.45. The van der Waals surface area contributed by atoms with Crippen LogP contribution >= 0.6 is 0 Å². The van der Waals surface area contributed by atoms with Crippen LogP contribution in [-0.2, 0) is 9.53 Å². The third-order valence-corrected chi connectivity index (χ3v) is 3.64. The molecule has 19 heavy (non-hydrogen) atoms. The van der Waals surface area contributed by atoms with Crippen LogP contribution < -0.4 is 0 Å². The second-order valence-electron chi connectivity index (χ2n) is 5.19. The van der Waals surface area contributed by atoms with Crippen LogP contribution in [0, 0.1) is 0 Å². The first kappa shape index (κ1) is 14.1. The molecule has 2 rings (SSSR count). The number of amides is 2. The highest BCUT2D eigenvalue weighted by molar-refractivity contribution is 5.83. The van der Waals surface area contributed by atoms with Gasteiger partial charge in [-0.05, 0) is 12.8 Å². The first-order valence-corrected chi connectivity index (χ1v) is 6.53. The van der Waals surface area contributed by atoms with Crippen molar-refractivity contribution in [3.05, 3.63) is 0 Å². The number of carboxylic acids is 1. The van der Waals surface area contributed by atoms with Gasteiger partial charge in [-0.2, -0.15) is 0 Å². The van der Waals surface area contributed by atoms with E-state index in [1.54, 1.807) is 7.05 Å². The monoisotopic (exact) mass is 272 g/mol. The maximum atomic E-state index is 12.2. The Balaban J connectivity index is 1.95. The van der Waals surface area contributed by atoms with E-state index in [9.17, 15) is 14.7 Å². The quantitative estimate of drug-likeness (QED) is 0.738. The standard InChI is InChI=1S/C12H20N2O5/c1-13(7-9-3-2-4-19-9)12(18)14-6-8(15)5-10(14)11(16)17/h8-10,15H,2-7H2,1H3,(H,16,17)/t8-,9?,10+/m1/s1. The number of ether oxygens (including phenoxy) is 1. The molecule has 2 aliphatic heterocycles. The summed E-state index contributed by atoms with van der Waals surface area (Å²) in [6.07, 6.45) is 1.27. The summed E-state index contributed by atoms with van der Waals surface area (Å²) in [5.74, 6) is -1.07. The molecule has 7 heteroatoms. The number of aliphatic hydroxyl groups excluding tert-OH is 1. The van der Waals surface area contributed by atoms with E-state index in [4.69, 9.17) is 9.84 Å². The highest BCUT2D eigenvalue weighted by atomic mass is 16.5. The lowest BCUT2D eigenvalue weighted by atomic mass is 10.2. The number of likely N-dealkylation sites (N-methyl/N-ethyl adjacent to an activating group) is 1. The van der Waals surface area contributed by atoms with E-state index in [1.807, 2.05) is 0 Å². The van der Waals surface area contributed by atoms with E-state index < -0.39 is 18.1 Å². The third kappa shape index (κ3) is 3.16. The zero-order chi connectivity index (χ0) is 14.0. The molecule has 2 N–H and O–H groups in total. The largest absolute Gasteiger partial charge is 0.480 e. The summed E-state index contributed by atoms with van der Waals surface area (Å²) in [5.41, 5.74) is 0. The van der Waals surface area contributed by atoms with Crippen molar-refractivity contribution in [1.82, 2.24) is 9.80 Å². The molecule has 2 aliphatic rings. The Hall–Kier alpha value is -1.34. The van der Waals surface area contributed by atoms with Crippen LogP contribution in [0.1, 0.15) is 19.3 Å². The fourth-order valence-corrected chi connectivity index (χ4v) is 2.65. The molecule has 2 heterocycles. The van der Waals surface area contributed by atoms with E-state index in [2.05, 4.69) is 0 Å². The number of urea groups is 1. The van der Waals surface area contributed by atoms with Gasteiger partial charge >= 0.3 is 12.0 Å². The van der Waals surface area contributed by atoms with Gasteiger partial charge in [-0.15, -0.1) is 0 Å². The van der Waals surface area contributed by atoms with Crippen molar-refractivity contribution >= 4 is 12.0 Å². The maximum absolute atomic E-state index is 12.2. The number of hydrogen-bond donors (Lipinski definition) is 2. The van der Waals surface area contributed by atoms with Crippen LogP contribution in [0.5, 0.6) is 0 Å². The Morgan fingerprint density at radius 1 is 1.47 bits per heavy atom. The minimum atomic E-state index is -1.07. The van der Waals surface area contributed by atoms with Crippen molar-refractivity contribution in [2.24, 2.45) is 0 Å². The fourth-order valence-electron chi connectivity index (χ4n) is 2.65. The molecule has 0 spiro atoms. The number of nitrogens with zero attached hydrogens (tertiary/aromatic N) is 2. The van der Waals surface area contributed by atoms with Gasteiger partial charge in [0.2, 0.25) is 0 Å². The van der Waals surface area contributed by atoms with E-state index in [-0.39, 0.29) is 25.1 Å². The Kier molecular flexibility index (Phi) is 4.26. The number of β-amino-alcohol motifs (C(OH)–C–C–N with tert-alkyl or cyclic N) is 1. The molecular formula is C12H20N2O5. The van der Waals surface area contributed by atoms with Crippen molar-refractivity contribution in [3.63, 3.8) is 0 Å². The number of likely N-dealkylation sites (tertiary alicyclic amines) is 1. The molecule has 0 saturated carbocycles. The van der Waals surface area contributed by atoms with E-state index in [1.165, 1.54) is 9.80 Å². The molecule has 7 nitrogen and oxygen atoms in total. The highest BCUT2D eigenvalue weighted by Gasteiger charge is 2.40. The predicted molar refractivity (Wildman–Crippen MR) is 65.8 cm³/mol. The molecule has 0 aromatic heterocycles. The molecule has 0 radical (unpaired) electrons. The lowest BCUT2D eigenvalue weighted by Crippen LogP contribution is -2.48. The van der Waals surface area contributed by atoms with E-state index >= 15 is 0 Å². The molecule has 3 atom stereocenters. The van der Waals surface area contributed by atoms with Gasteiger partial charge in [0.25, 0.3) is 0 Å². The molecular weight excluding hydrogens is 252 g/mol. The molecule has 108 valence electrons. The molecule has 2 saturated heterocycles. The van der Waals surface area contributed by atoms with Crippen molar-refractivity contribution in [3.8, 4) is 0 Å². The van der Waals surface area contributed by atoms with Crippen molar-refractivity contribution in [2.75, 3.05) is 26.7 Å². The molecule has 0 aromatic rings. The van der Waals surface area contributed by atoms with E-state index in [0.29, 0.717) is 13.2 Å². The first-order valence-electron chi connectivity index (χ1n) is 6.53. The molecule has 1 unspecified atom stereocenters. The summed E-state index contributed by atoms with van der Waals surface area (Å²) in [7, 11) is 1.63. The second kappa shape index (κ2) is 5.75. The summed E-state index contributed by atoms with van der Waals surface area (Å²) in [5, 5.41) is 18.6.